The first-order valence-electron chi connectivity index (χ1n) is 6.64. The van der Waals surface area contributed by atoms with Crippen LogP contribution >= 0.6 is 0 Å². The molecule has 0 aliphatic rings. The fraction of sp³-hybridized carbons (Fsp3) is 0.200. The molecule has 0 bridgehead atoms. The molecule has 0 amide bonds. The molecule has 0 fully saturated rings. The smallest absolute Gasteiger partial charge is 0.383 e. The average Bonchev–Trinajstić information content (AvgIpc) is 2.92. The number of hydrogen-bond acceptors (Lipinski definition) is 6. The summed E-state index contributed by atoms with van der Waals surface area (Å²) in [6, 6.07) is 8.73. The highest BCUT2D eigenvalue weighted by Crippen LogP contribution is 2.26. The number of carbonyl (C=O) groups excluding carboxylic acids is 1. The van der Waals surface area contributed by atoms with E-state index in [4.69, 9.17) is 9.47 Å². The van der Waals surface area contributed by atoms with Crippen molar-refractivity contribution in [1.82, 2.24) is 19.6 Å². The van der Waals surface area contributed by atoms with E-state index in [1.807, 2.05) is 19.9 Å². The first kappa shape index (κ1) is 14.0. The Morgan fingerprint density at radius 3 is 2.59 bits per heavy atom. The van der Waals surface area contributed by atoms with Crippen molar-refractivity contribution in [3.05, 3.63) is 47.5 Å². The molecule has 0 spiro atoms. The van der Waals surface area contributed by atoms with E-state index in [9.17, 15) is 4.79 Å². The molecule has 7 nitrogen and oxygen atoms in total. The van der Waals surface area contributed by atoms with Crippen molar-refractivity contribution >= 4 is 11.7 Å². The Bertz CT molecular complexity index is 857. The Hall–Kier alpha value is -2.96. The second-order valence-electron chi connectivity index (χ2n) is 4.73. The standard InChI is InChI=1S/C15H14N4O3/c1-9-8-10(2)19-15(16-9)17-13(18-19)14(20)22-12-7-5-4-6-11(12)21-3/h4-8H,1-3H3. The van der Waals surface area contributed by atoms with Crippen LogP contribution < -0.4 is 9.47 Å². The van der Waals surface area contributed by atoms with Gasteiger partial charge in [0.25, 0.3) is 11.6 Å². The van der Waals surface area contributed by atoms with Crippen LogP contribution in [0.15, 0.2) is 30.3 Å². The number of ether oxygens (including phenoxy) is 2. The van der Waals surface area contributed by atoms with E-state index < -0.39 is 5.97 Å². The van der Waals surface area contributed by atoms with Gasteiger partial charge in [-0.25, -0.2) is 14.3 Å². The van der Waals surface area contributed by atoms with Crippen LogP contribution in [0.25, 0.3) is 5.78 Å². The van der Waals surface area contributed by atoms with Gasteiger partial charge in [-0.05, 0) is 32.0 Å². The van der Waals surface area contributed by atoms with Gasteiger partial charge in [-0.15, -0.1) is 5.10 Å². The van der Waals surface area contributed by atoms with Crippen molar-refractivity contribution in [2.24, 2.45) is 0 Å². The molecule has 0 N–H and O–H groups in total. The predicted octanol–water partition coefficient (Wildman–Crippen LogP) is 1.97. The molecular weight excluding hydrogens is 284 g/mol. The Balaban J connectivity index is 1.94. The van der Waals surface area contributed by atoms with E-state index in [1.54, 1.807) is 24.3 Å². The summed E-state index contributed by atoms with van der Waals surface area (Å²) >= 11 is 0. The van der Waals surface area contributed by atoms with Gasteiger partial charge >= 0.3 is 5.97 Å². The molecule has 0 aliphatic heterocycles. The number of aryl methyl sites for hydroxylation is 2. The highest BCUT2D eigenvalue weighted by Gasteiger charge is 2.18. The minimum absolute atomic E-state index is 0.0490. The topological polar surface area (TPSA) is 78.6 Å². The quantitative estimate of drug-likeness (QED) is 0.543. The number of rotatable bonds is 3. The van der Waals surface area contributed by atoms with Crippen LogP contribution in [0.3, 0.4) is 0 Å². The zero-order chi connectivity index (χ0) is 15.7. The van der Waals surface area contributed by atoms with Crippen LogP contribution in [-0.4, -0.2) is 32.7 Å². The van der Waals surface area contributed by atoms with Crippen molar-refractivity contribution in [2.45, 2.75) is 13.8 Å². The first-order valence-corrected chi connectivity index (χ1v) is 6.64. The molecule has 22 heavy (non-hydrogen) atoms. The monoisotopic (exact) mass is 298 g/mol. The lowest BCUT2D eigenvalue weighted by atomic mass is 10.3. The highest BCUT2D eigenvalue weighted by atomic mass is 16.6. The maximum atomic E-state index is 12.2. The summed E-state index contributed by atoms with van der Waals surface area (Å²) in [5, 5.41) is 4.13. The van der Waals surface area contributed by atoms with Crippen LogP contribution in [0, 0.1) is 13.8 Å². The normalized spacial score (nSPS) is 10.7. The molecule has 0 saturated heterocycles. The van der Waals surface area contributed by atoms with Crippen LogP contribution in [0.1, 0.15) is 22.0 Å². The molecular formula is C15H14N4O3. The van der Waals surface area contributed by atoms with Crippen LogP contribution in [0.2, 0.25) is 0 Å². The van der Waals surface area contributed by atoms with E-state index in [0.29, 0.717) is 17.3 Å². The van der Waals surface area contributed by atoms with Crippen LogP contribution in [0.5, 0.6) is 11.5 Å². The van der Waals surface area contributed by atoms with Gasteiger partial charge in [0.15, 0.2) is 11.5 Å². The van der Waals surface area contributed by atoms with Gasteiger partial charge in [-0.3, -0.25) is 0 Å². The lowest BCUT2D eigenvalue weighted by molar-refractivity contribution is 0.0717. The van der Waals surface area contributed by atoms with Gasteiger partial charge in [0, 0.05) is 11.4 Å². The number of methoxy groups -OCH3 is 1. The first-order chi connectivity index (χ1) is 10.6. The second kappa shape index (κ2) is 5.44. The van der Waals surface area contributed by atoms with E-state index in [2.05, 4.69) is 15.1 Å². The molecule has 0 saturated carbocycles. The third-order valence-corrected chi connectivity index (χ3v) is 3.07. The average molecular weight is 298 g/mol. The van der Waals surface area contributed by atoms with E-state index >= 15 is 0 Å². The number of nitrogens with zero attached hydrogens (tertiary/aromatic N) is 4. The summed E-state index contributed by atoms with van der Waals surface area (Å²) in [5.74, 6) is 0.433. The fourth-order valence-corrected chi connectivity index (χ4v) is 2.10. The van der Waals surface area contributed by atoms with E-state index in [0.717, 1.165) is 11.4 Å². The molecule has 3 aromatic rings. The van der Waals surface area contributed by atoms with E-state index in [1.165, 1.54) is 11.6 Å². The number of para-hydroxylation sites is 2. The maximum absolute atomic E-state index is 12.2. The highest BCUT2D eigenvalue weighted by molar-refractivity contribution is 5.87. The molecule has 0 atom stereocenters. The Kier molecular flexibility index (Phi) is 3.46. The molecule has 2 heterocycles. The Morgan fingerprint density at radius 2 is 1.86 bits per heavy atom. The van der Waals surface area contributed by atoms with Crippen molar-refractivity contribution in [2.75, 3.05) is 7.11 Å². The minimum Gasteiger partial charge on any atom is -0.493 e. The SMILES string of the molecule is COc1ccccc1OC(=O)c1nc2nc(C)cc(C)n2n1. The molecule has 7 heteroatoms. The number of esters is 1. The van der Waals surface area contributed by atoms with Gasteiger partial charge in [-0.1, -0.05) is 12.1 Å². The Morgan fingerprint density at radius 1 is 1.14 bits per heavy atom. The largest absolute Gasteiger partial charge is 0.493 e. The molecule has 112 valence electrons. The number of benzene rings is 1. The summed E-state index contributed by atoms with van der Waals surface area (Å²) < 4.78 is 11.9. The minimum atomic E-state index is -0.660. The molecule has 3 rings (SSSR count). The van der Waals surface area contributed by atoms with Crippen molar-refractivity contribution in [3.63, 3.8) is 0 Å². The second-order valence-corrected chi connectivity index (χ2v) is 4.73. The van der Waals surface area contributed by atoms with E-state index in [-0.39, 0.29) is 5.82 Å². The fourth-order valence-electron chi connectivity index (χ4n) is 2.10. The van der Waals surface area contributed by atoms with Crippen molar-refractivity contribution < 1.29 is 14.3 Å². The van der Waals surface area contributed by atoms with Gasteiger partial charge in [0.2, 0.25) is 0 Å². The zero-order valence-corrected chi connectivity index (χ0v) is 12.4. The molecule has 2 aromatic heterocycles. The molecule has 0 aliphatic carbocycles. The zero-order valence-electron chi connectivity index (χ0n) is 12.4. The summed E-state index contributed by atoms with van der Waals surface area (Å²) in [6.45, 7) is 3.72. The predicted molar refractivity (Wildman–Crippen MR) is 78.2 cm³/mol. The third kappa shape index (κ3) is 2.48. The summed E-state index contributed by atoms with van der Waals surface area (Å²) in [7, 11) is 1.51. The summed E-state index contributed by atoms with van der Waals surface area (Å²) in [6.07, 6.45) is 0. The number of aromatic nitrogens is 4. The van der Waals surface area contributed by atoms with Crippen molar-refractivity contribution in [1.29, 1.82) is 0 Å². The van der Waals surface area contributed by atoms with Gasteiger partial charge < -0.3 is 9.47 Å². The molecule has 0 radical (unpaired) electrons. The van der Waals surface area contributed by atoms with Crippen LogP contribution in [-0.2, 0) is 0 Å². The number of carbonyl (C=O) groups is 1. The van der Waals surface area contributed by atoms with Gasteiger partial charge in [0.1, 0.15) is 0 Å². The van der Waals surface area contributed by atoms with Gasteiger partial charge in [-0.2, -0.15) is 4.98 Å². The summed E-state index contributed by atoms with van der Waals surface area (Å²) in [5.41, 5.74) is 1.65. The maximum Gasteiger partial charge on any atom is 0.383 e. The van der Waals surface area contributed by atoms with Crippen LogP contribution in [0.4, 0.5) is 0 Å². The van der Waals surface area contributed by atoms with Crippen molar-refractivity contribution in [3.8, 4) is 11.5 Å². The Labute approximate surface area is 126 Å². The summed E-state index contributed by atoms with van der Waals surface area (Å²) in [4.78, 5) is 20.6. The molecule has 1 aromatic carbocycles. The lowest BCUT2D eigenvalue weighted by Gasteiger charge is -2.06. The third-order valence-electron chi connectivity index (χ3n) is 3.07. The number of hydrogen-bond donors (Lipinski definition) is 0. The number of fused-ring (bicyclic) bond motifs is 1. The van der Waals surface area contributed by atoms with Gasteiger partial charge in [0.05, 0.1) is 7.11 Å². The lowest BCUT2D eigenvalue weighted by Crippen LogP contribution is -2.11. The molecule has 0 unspecified atom stereocenters.